The Morgan fingerprint density at radius 3 is 2.26 bits per heavy atom. The van der Waals surface area contributed by atoms with Crippen molar-refractivity contribution in [3.63, 3.8) is 0 Å². The lowest BCUT2D eigenvalue weighted by atomic mass is 9.76. The number of amides is 2. The molecule has 1 aromatic rings. The van der Waals surface area contributed by atoms with E-state index in [0.717, 1.165) is 57.9 Å². The third kappa shape index (κ3) is 3.04. The highest BCUT2D eigenvalue weighted by Crippen LogP contribution is 2.49. The van der Waals surface area contributed by atoms with Gasteiger partial charge in [0.1, 0.15) is 11.7 Å². The third-order valence-electron chi connectivity index (χ3n) is 9.64. The molecule has 0 saturated heterocycles. The first-order valence-corrected chi connectivity index (χ1v) is 14.8. The lowest BCUT2D eigenvalue weighted by molar-refractivity contribution is 0.0871. The number of hydrogen-bond donors (Lipinski definition) is 0. The Labute approximate surface area is 244 Å². The largest absolute Gasteiger partial charge is 0.268 e. The summed E-state index contributed by atoms with van der Waals surface area (Å²) >= 11 is 0. The van der Waals surface area contributed by atoms with E-state index < -0.39 is 0 Å². The molecule has 0 spiro atoms. The van der Waals surface area contributed by atoms with Gasteiger partial charge in [-0.1, -0.05) is 76.3 Å². The minimum atomic E-state index is -0.271. The lowest BCUT2D eigenvalue weighted by Gasteiger charge is -2.40. The average molecular weight is 551 g/mol. The fourth-order valence-corrected chi connectivity index (χ4v) is 7.64. The fraction of sp³-hybridized carbons (Fsp3) is 0.278. The number of aliphatic imine (C=N–C) groups is 2. The van der Waals surface area contributed by atoms with Crippen LogP contribution in [-0.4, -0.2) is 33.3 Å². The predicted molar refractivity (Wildman–Crippen MR) is 162 cm³/mol. The summed E-state index contributed by atoms with van der Waals surface area (Å²) in [6.07, 6.45) is 23.6. The normalized spacial score (nSPS) is 28.2. The molecule has 4 aliphatic heterocycles. The summed E-state index contributed by atoms with van der Waals surface area (Å²) < 4.78 is 0. The quantitative estimate of drug-likeness (QED) is 0.359. The molecule has 2 amide bonds. The monoisotopic (exact) mass is 550 g/mol. The van der Waals surface area contributed by atoms with Crippen molar-refractivity contribution in [2.45, 2.75) is 40.5 Å². The van der Waals surface area contributed by atoms with E-state index in [0.29, 0.717) is 28.7 Å². The molecule has 4 aliphatic carbocycles. The van der Waals surface area contributed by atoms with E-state index >= 15 is 0 Å². The Kier molecular flexibility index (Phi) is 4.37. The summed E-state index contributed by atoms with van der Waals surface area (Å²) in [5.74, 6) is 1.49. The van der Waals surface area contributed by atoms with Crippen molar-refractivity contribution in [2.75, 3.05) is 0 Å². The number of rotatable bonds is 0. The van der Waals surface area contributed by atoms with Crippen LogP contribution in [0, 0.1) is 22.7 Å². The van der Waals surface area contributed by atoms with E-state index in [1.807, 2.05) is 6.07 Å². The second-order valence-corrected chi connectivity index (χ2v) is 13.6. The molecular formula is C36H30N4O2. The molecule has 2 atom stereocenters. The van der Waals surface area contributed by atoms with Crippen LogP contribution in [0.5, 0.6) is 0 Å². The van der Waals surface area contributed by atoms with E-state index in [4.69, 9.17) is 9.98 Å². The van der Waals surface area contributed by atoms with E-state index in [1.165, 1.54) is 0 Å². The van der Waals surface area contributed by atoms with Gasteiger partial charge >= 0.3 is 0 Å². The van der Waals surface area contributed by atoms with Gasteiger partial charge in [-0.05, 0) is 48.6 Å². The molecule has 8 aliphatic rings. The highest BCUT2D eigenvalue weighted by molar-refractivity contribution is 6.31. The number of hydrogen-bond acceptors (Lipinski definition) is 4. The van der Waals surface area contributed by atoms with Gasteiger partial charge in [0, 0.05) is 39.1 Å². The molecule has 1 aromatic carbocycles. The number of allylic oxidation sites excluding steroid dienone is 11. The van der Waals surface area contributed by atoms with Gasteiger partial charge in [-0.3, -0.25) is 19.4 Å². The van der Waals surface area contributed by atoms with Crippen molar-refractivity contribution in [3.8, 4) is 0 Å². The van der Waals surface area contributed by atoms with Crippen molar-refractivity contribution in [2.24, 2.45) is 32.7 Å². The number of amidine groups is 2. The molecule has 0 N–H and O–H groups in total. The summed E-state index contributed by atoms with van der Waals surface area (Å²) in [5, 5.41) is 0. The van der Waals surface area contributed by atoms with Gasteiger partial charge in [0.05, 0.1) is 28.2 Å². The smallest absolute Gasteiger partial charge is 0.264 e. The molecule has 0 aromatic heterocycles. The second-order valence-electron chi connectivity index (χ2n) is 13.6. The van der Waals surface area contributed by atoms with Gasteiger partial charge in [-0.25, -0.2) is 9.98 Å². The van der Waals surface area contributed by atoms with Crippen molar-refractivity contribution < 1.29 is 9.59 Å². The second kappa shape index (κ2) is 7.62. The Morgan fingerprint density at radius 2 is 1.50 bits per heavy atom. The highest BCUT2D eigenvalue weighted by atomic mass is 16.2. The molecule has 6 nitrogen and oxygen atoms in total. The third-order valence-corrected chi connectivity index (χ3v) is 9.64. The number of benzene rings is 1. The molecule has 4 heterocycles. The van der Waals surface area contributed by atoms with Crippen LogP contribution in [0.4, 0.5) is 0 Å². The van der Waals surface area contributed by atoms with Crippen LogP contribution in [0.2, 0.25) is 0 Å². The first-order valence-electron chi connectivity index (χ1n) is 14.8. The van der Waals surface area contributed by atoms with Crippen molar-refractivity contribution in [3.05, 3.63) is 129 Å². The molecular weight excluding hydrogens is 520 g/mol. The minimum absolute atomic E-state index is 0.101. The minimum Gasteiger partial charge on any atom is -0.268 e. The van der Waals surface area contributed by atoms with Crippen LogP contribution in [-0.2, 0) is 0 Å². The SMILES string of the molecule is CC1(C)C=CC2=C3C(=C1)N=C1c4cc5c(cc4C(=O)N1C3=CC(C)(C)C=C2)C(=O)N1C2=CCCC3C=CC=C(N=C51)C23. The number of fused-ring (bicyclic) bond motifs is 8. The number of carbonyl (C=O) groups is 2. The molecule has 0 saturated carbocycles. The zero-order valence-electron chi connectivity index (χ0n) is 24.1. The van der Waals surface area contributed by atoms with Gasteiger partial charge in [0.25, 0.3) is 11.8 Å². The van der Waals surface area contributed by atoms with Gasteiger partial charge in [-0.2, -0.15) is 0 Å². The summed E-state index contributed by atoms with van der Waals surface area (Å²) in [7, 11) is 0. The Hall–Kier alpha value is -4.58. The molecule has 0 fully saturated rings. The van der Waals surface area contributed by atoms with Gasteiger partial charge in [0.2, 0.25) is 0 Å². The molecule has 0 bridgehead atoms. The van der Waals surface area contributed by atoms with Crippen LogP contribution < -0.4 is 0 Å². The Balaban J connectivity index is 1.26. The summed E-state index contributed by atoms with van der Waals surface area (Å²) in [4.78, 5) is 42.1. The van der Waals surface area contributed by atoms with E-state index in [-0.39, 0.29) is 28.6 Å². The summed E-state index contributed by atoms with van der Waals surface area (Å²) in [6, 6.07) is 3.77. The molecule has 0 radical (unpaired) electrons. The molecule has 6 heteroatoms. The maximum Gasteiger partial charge on any atom is 0.264 e. The van der Waals surface area contributed by atoms with Crippen LogP contribution in [0.3, 0.4) is 0 Å². The van der Waals surface area contributed by atoms with Gasteiger partial charge < -0.3 is 0 Å². The van der Waals surface area contributed by atoms with E-state index in [9.17, 15) is 9.59 Å². The lowest BCUT2D eigenvalue weighted by Crippen LogP contribution is -2.41. The van der Waals surface area contributed by atoms with Crippen molar-refractivity contribution in [1.82, 2.24) is 9.80 Å². The molecule has 2 unspecified atom stereocenters. The standard InChI is InChI=1S/C36H30N4O2/c1-35(2)13-11-20-12-14-36(3,4)18-28-30(20)26(17-35)38-32-22-15-21-23(16-24(22)34(42)40(28)32)33(41)39-27-10-6-8-19-7-5-9-25(29(19)27)37-31(21)39/h5,7,9-19,29H,6,8H2,1-4H3. The van der Waals surface area contributed by atoms with Crippen molar-refractivity contribution in [1.29, 1.82) is 0 Å². The molecule has 42 heavy (non-hydrogen) atoms. The van der Waals surface area contributed by atoms with E-state index in [2.05, 4.69) is 88.5 Å². The Morgan fingerprint density at radius 1 is 0.833 bits per heavy atom. The zero-order valence-corrected chi connectivity index (χ0v) is 24.1. The topological polar surface area (TPSA) is 65.3 Å². The van der Waals surface area contributed by atoms with Crippen LogP contribution >= 0.6 is 0 Å². The fourth-order valence-electron chi connectivity index (χ4n) is 7.64. The van der Waals surface area contributed by atoms with Crippen LogP contribution in [0.15, 0.2) is 117 Å². The highest BCUT2D eigenvalue weighted by Gasteiger charge is 2.49. The Bertz CT molecular complexity index is 1930. The average Bonchev–Trinajstić information content (AvgIpc) is 3.25. The first kappa shape index (κ1) is 24.1. The summed E-state index contributed by atoms with van der Waals surface area (Å²) in [6.45, 7) is 8.63. The van der Waals surface area contributed by atoms with E-state index in [1.54, 1.807) is 15.9 Å². The van der Waals surface area contributed by atoms with Gasteiger partial charge in [-0.15, -0.1) is 0 Å². The van der Waals surface area contributed by atoms with Crippen LogP contribution in [0.25, 0.3) is 0 Å². The number of carbonyl (C=O) groups excluding carboxylic acids is 2. The zero-order chi connectivity index (χ0) is 28.7. The van der Waals surface area contributed by atoms with Crippen molar-refractivity contribution >= 4 is 23.5 Å². The molecule has 9 rings (SSSR count). The summed E-state index contributed by atoms with van der Waals surface area (Å²) in [5.41, 5.74) is 7.85. The maximum absolute atomic E-state index is 14.3. The maximum atomic E-state index is 14.3. The predicted octanol–water partition coefficient (Wildman–Crippen LogP) is 6.74. The first-order chi connectivity index (χ1) is 20.1. The molecule has 206 valence electrons. The number of nitrogens with zero attached hydrogens (tertiary/aromatic N) is 4. The van der Waals surface area contributed by atoms with Gasteiger partial charge in [0.15, 0.2) is 0 Å². The van der Waals surface area contributed by atoms with Crippen LogP contribution in [0.1, 0.15) is 72.4 Å².